The highest BCUT2D eigenvalue weighted by Crippen LogP contribution is 2.30. The Bertz CT molecular complexity index is 603. The van der Waals surface area contributed by atoms with Gasteiger partial charge in [-0.25, -0.2) is 4.98 Å². The first-order chi connectivity index (χ1) is 10.4. The van der Waals surface area contributed by atoms with E-state index >= 15 is 0 Å². The summed E-state index contributed by atoms with van der Waals surface area (Å²) in [5.74, 6) is 0.605. The lowest BCUT2D eigenvalue weighted by atomic mass is 10.2. The number of rotatable bonds is 5. The van der Waals surface area contributed by atoms with Crippen molar-refractivity contribution in [3.05, 3.63) is 48.2 Å². The quantitative estimate of drug-likeness (QED) is 0.895. The molecule has 1 heterocycles. The number of halogens is 4. The van der Waals surface area contributed by atoms with Gasteiger partial charge in [-0.15, -0.1) is 12.4 Å². The molecule has 23 heavy (non-hydrogen) atoms. The van der Waals surface area contributed by atoms with Crippen molar-refractivity contribution in [1.29, 1.82) is 0 Å². The second-order valence-corrected chi connectivity index (χ2v) is 4.69. The van der Waals surface area contributed by atoms with E-state index in [-0.39, 0.29) is 18.3 Å². The third-order valence-corrected chi connectivity index (χ3v) is 3.03. The van der Waals surface area contributed by atoms with Crippen LogP contribution in [0.1, 0.15) is 5.56 Å². The number of nitrogens with zero attached hydrogens (tertiary/aromatic N) is 2. The van der Waals surface area contributed by atoms with Crippen LogP contribution in [0.25, 0.3) is 0 Å². The van der Waals surface area contributed by atoms with Gasteiger partial charge in [0.25, 0.3) is 0 Å². The van der Waals surface area contributed by atoms with Gasteiger partial charge in [0.15, 0.2) is 0 Å². The van der Waals surface area contributed by atoms with Gasteiger partial charge in [0.2, 0.25) is 5.88 Å². The average Bonchev–Trinajstić information content (AvgIpc) is 2.48. The summed E-state index contributed by atoms with van der Waals surface area (Å²) in [6.45, 7) is 1.27. The number of anilines is 1. The van der Waals surface area contributed by atoms with Crippen LogP contribution in [0.5, 0.6) is 11.6 Å². The molecule has 0 fully saturated rings. The number of benzene rings is 1. The first-order valence-corrected chi connectivity index (χ1v) is 6.62. The molecule has 2 N–H and O–H groups in total. The molecule has 2 aromatic rings. The van der Waals surface area contributed by atoms with E-state index in [1.54, 1.807) is 12.1 Å². The third-order valence-electron chi connectivity index (χ3n) is 3.03. The molecular formula is C15H17ClF3N3O. The lowest BCUT2D eigenvalue weighted by molar-refractivity contribution is -0.137. The Labute approximate surface area is 138 Å². The van der Waals surface area contributed by atoms with E-state index < -0.39 is 11.7 Å². The lowest BCUT2D eigenvalue weighted by Gasteiger charge is -2.18. The molecule has 0 aliphatic rings. The maximum absolute atomic E-state index is 12.4. The smallest absolute Gasteiger partial charge is 0.417 e. The van der Waals surface area contributed by atoms with Gasteiger partial charge in [0, 0.05) is 38.1 Å². The maximum Gasteiger partial charge on any atom is 0.417 e. The van der Waals surface area contributed by atoms with Crippen molar-refractivity contribution in [2.75, 3.05) is 25.0 Å². The Morgan fingerprint density at radius 3 is 2.26 bits per heavy atom. The van der Waals surface area contributed by atoms with Crippen LogP contribution >= 0.6 is 12.4 Å². The van der Waals surface area contributed by atoms with Crippen molar-refractivity contribution in [3.63, 3.8) is 0 Å². The summed E-state index contributed by atoms with van der Waals surface area (Å²) in [5.41, 5.74) is 5.65. The number of aromatic nitrogens is 1. The van der Waals surface area contributed by atoms with Crippen LogP contribution in [0.2, 0.25) is 0 Å². The second-order valence-electron chi connectivity index (χ2n) is 4.69. The fourth-order valence-electron chi connectivity index (χ4n) is 1.82. The molecular weight excluding hydrogens is 331 g/mol. The standard InChI is InChI=1S/C15H16F3N3O.ClH/c1-21(9-8-19)12-3-5-13(6-4-12)22-14-7-2-11(10-20-14)15(16,17)18;/h2-7,10H,8-9,19H2,1H3;1H. The van der Waals surface area contributed by atoms with Gasteiger partial charge in [-0.1, -0.05) is 0 Å². The van der Waals surface area contributed by atoms with Gasteiger partial charge in [-0.3, -0.25) is 0 Å². The van der Waals surface area contributed by atoms with Gasteiger partial charge < -0.3 is 15.4 Å². The predicted molar refractivity (Wildman–Crippen MR) is 85.3 cm³/mol. The number of likely N-dealkylation sites (N-methyl/N-ethyl adjacent to an activating group) is 1. The molecule has 0 spiro atoms. The van der Waals surface area contributed by atoms with Crippen LogP contribution < -0.4 is 15.4 Å². The summed E-state index contributed by atoms with van der Waals surface area (Å²) >= 11 is 0. The van der Waals surface area contributed by atoms with Gasteiger partial charge in [0.1, 0.15) is 5.75 Å². The summed E-state index contributed by atoms with van der Waals surface area (Å²) < 4.78 is 42.7. The molecule has 0 saturated carbocycles. The summed E-state index contributed by atoms with van der Waals surface area (Å²) in [4.78, 5) is 5.64. The Morgan fingerprint density at radius 1 is 1.13 bits per heavy atom. The minimum Gasteiger partial charge on any atom is -0.439 e. The highest BCUT2D eigenvalue weighted by Gasteiger charge is 2.30. The van der Waals surface area contributed by atoms with Crippen LogP contribution in [0.3, 0.4) is 0 Å². The third kappa shape index (κ3) is 5.30. The molecule has 0 aliphatic carbocycles. The molecule has 1 aromatic heterocycles. The Morgan fingerprint density at radius 2 is 1.78 bits per heavy atom. The van der Waals surface area contributed by atoms with Crippen molar-refractivity contribution >= 4 is 18.1 Å². The molecule has 0 aliphatic heterocycles. The van der Waals surface area contributed by atoms with Crippen molar-refractivity contribution in [1.82, 2.24) is 4.98 Å². The van der Waals surface area contributed by atoms with Gasteiger partial charge in [-0.05, 0) is 30.3 Å². The minimum atomic E-state index is -4.40. The van der Waals surface area contributed by atoms with Crippen LogP contribution in [-0.2, 0) is 6.18 Å². The Balaban J connectivity index is 0.00000264. The van der Waals surface area contributed by atoms with Crippen LogP contribution in [0.4, 0.5) is 18.9 Å². The molecule has 0 amide bonds. The number of hydrogen-bond acceptors (Lipinski definition) is 4. The Hall–Kier alpha value is -1.99. The molecule has 4 nitrogen and oxygen atoms in total. The maximum atomic E-state index is 12.4. The van der Waals surface area contributed by atoms with Crippen LogP contribution in [0.15, 0.2) is 42.6 Å². The normalized spacial score (nSPS) is 10.8. The Kier molecular flexibility index (Phi) is 6.65. The minimum absolute atomic E-state index is 0. The summed E-state index contributed by atoms with van der Waals surface area (Å²) in [6, 6.07) is 9.26. The van der Waals surface area contributed by atoms with E-state index in [1.165, 1.54) is 6.07 Å². The zero-order valence-corrected chi connectivity index (χ0v) is 13.2. The molecule has 0 atom stereocenters. The van der Waals surface area contributed by atoms with Crippen molar-refractivity contribution in [2.45, 2.75) is 6.18 Å². The van der Waals surface area contributed by atoms with Crippen LogP contribution in [-0.4, -0.2) is 25.1 Å². The summed E-state index contributed by atoms with van der Waals surface area (Å²) in [6.07, 6.45) is -3.65. The van der Waals surface area contributed by atoms with Gasteiger partial charge in [0.05, 0.1) is 5.56 Å². The molecule has 0 radical (unpaired) electrons. The van der Waals surface area contributed by atoms with Gasteiger partial charge >= 0.3 is 6.18 Å². The zero-order valence-electron chi connectivity index (χ0n) is 12.4. The number of pyridine rings is 1. The molecule has 0 unspecified atom stereocenters. The number of alkyl halides is 3. The van der Waals surface area contributed by atoms with E-state index in [1.807, 2.05) is 24.1 Å². The molecule has 2 rings (SSSR count). The molecule has 8 heteroatoms. The van der Waals surface area contributed by atoms with E-state index in [0.29, 0.717) is 12.3 Å². The summed E-state index contributed by atoms with van der Waals surface area (Å²) in [5, 5.41) is 0. The predicted octanol–water partition coefficient (Wildman–Crippen LogP) is 3.71. The SMILES string of the molecule is CN(CCN)c1ccc(Oc2ccc(C(F)(F)F)cn2)cc1.Cl. The highest BCUT2D eigenvalue weighted by atomic mass is 35.5. The fourth-order valence-corrected chi connectivity index (χ4v) is 1.82. The number of ether oxygens (including phenoxy) is 1. The van der Waals surface area contributed by atoms with Crippen molar-refractivity contribution in [3.8, 4) is 11.6 Å². The zero-order chi connectivity index (χ0) is 16.2. The van der Waals surface area contributed by atoms with Crippen molar-refractivity contribution in [2.24, 2.45) is 5.73 Å². The first-order valence-electron chi connectivity index (χ1n) is 6.62. The average molecular weight is 348 g/mol. The van der Waals surface area contributed by atoms with E-state index in [2.05, 4.69) is 4.98 Å². The van der Waals surface area contributed by atoms with E-state index in [9.17, 15) is 13.2 Å². The molecule has 126 valence electrons. The molecule has 0 saturated heterocycles. The number of nitrogens with two attached hydrogens (primary N) is 1. The highest BCUT2D eigenvalue weighted by molar-refractivity contribution is 5.85. The lowest BCUT2D eigenvalue weighted by Crippen LogP contribution is -2.24. The summed E-state index contributed by atoms with van der Waals surface area (Å²) in [7, 11) is 1.92. The van der Waals surface area contributed by atoms with E-state index in [0.717, 1.165) is 24.5 Å². The topological polar surface area (TPSA) is 51.4 Å². The first kappa shape index (κ1) is 19.1. The number of hydrogen-bond donors (Lipinski definition) is 1. The monoisotopic (exact) mass is 347 g/mol. The second kappa shape index (κ2) is 8.03. The molecule has 0 bridgehead atoms. The van der Waals surface area contributed by atoms with Gasteiger partial charge in [-0.2, -0.15) is 13.2 Å². The van der Waals surface area contributed by atoms with Crippen molar-refractivity contribution < 1.29 is 17.9 Å². The largest absolute Gasteiger partial charge is 0.439 e. The fraction of sp³-hybridized carbons (Fsp3) is 0.267. The van der Waals surface area contributed by atoms with Crippen LogP contribution in [0, 0.1) is 0 Å². The molecule has 1 aromatic carbocycles. The van der Waals surface area contributed by atoms with E-state index in [4.69, 9.17) is 10.5 Å².